The molecular weight excluding hydrogens is 562 g/mol. The summed E-state index contributed by atoms with van der Waals surface area (Å²) >= 11 is 3.88. The highest BCUT2D eigenvalue weighted by atomic mass is 79.9. The number of fused-ring (bicyclic) bond motifs is 3. The van der Waals surface area contributed by atoms with E-state index >= 15 is 0 Å². The lowest BCUT2D eigenvalue weighted by Crippen LogP contribution is -2.20. The standard InChI is InChI=1S/C39H30BrN/c1-39(2)36-16-10-9-15-34(36)35-25-31(40)26-37(38(35)39)41(32-21-17-29(18-22-32)27-11-5-3-6-12-27)33-23-19-30(20-24-33)28-13-7-4-8-14-28/h3-26H,1-2H3. The van der Waals surface area contributed by atoms with Crippen LogP contribution in [0.15, 0.2) is 150 Å². The lowest BCUT2D eigenvalue weighted by Gasteiger charge is -2.32. The fraction of sp³-hybridized carbons (Fsp3) is 0.0769. The summed E-state index contributed by atoms with van der Waals surface area (Å²) in [7, 11) is 0. The number of rotatable bonds is 5. The molecule has 0 spiro atoms. The summed E-state index contributed by atoms with van der Waals surface area (Å²) in [5, 5.41) is 0. The topological polar surface area (TPSA) is 3.24 Å². The summed E-state index contributed by atoms with van der Waals surface area (Å²) < 4.78 is 1.07. The van der Waals surface area contributed by atoms with E-state index in [4.69, 9.17) is 0 Å². The minimum absolute atomic E-state index is 0.145. The van der Waals surface area contributed by atoms with Crippen molar-refractivity contribution in [2.24, 2.45) is 0 Å². The van der Waals surface area contributed by atoms with E-state index < -0.39 is 0 Å². The van der Waals surface area contributed by atoms with Gasteiger partial charge in [0, 0.05) is 21.3 Å². The van der Waals surface area contributed by atoms with E-state index in [1.165, 1.54) is 50.2 Å². The summed E-state index contributed by atoms with van der Waals surface area (Å²) in [6.07, 6.45) is 0. The third-order valence-corrected chi connectivity index (χ3v) is 8.76. The van der Waals surface area contributed by atoms with Gasteiger partial charge < -0.3 is 4.90 Å². The van der Waals surface area contributed by atoms with Crippen molar-refractivity contribution in [1.29, 1.82) is 0 Å². The summed E-state index contributed by atoms with van der Waals surface area (Å²) in [6.45, 7) is 4.70. The molecule has 1 aliphatic carbocycles. The van der Waals surface area contributed by atoms with Gasteiger partial charge >= 0.3 is 0 Å². The molecule has 6 aromatic rings. The maximum atomic E-state index is 3.88. The van der Waals surface area contributed by atoms with Crippen LogP contribution in [0.3, 0.4) is 0 Å². The molecule has 2 heteroatoms. The average Bonchev–Trinajstić information content (AvgIpc) is 3.25. The van der Waals surface area contributed by atoms with Crippen LogP contribution in [0.1, 0.15) is 25.0 Å². The van der Waals surface area contributed by atoms with Crippen LogP contribution >= 0.6 is 15.9 Å². The van der Waals surface area contributed by atoms with Gasteiger partial charge in [-0.05, 0) is 80.9 Å². The Morgan fingerprint density at radius 3 is 1.49 bits per heavy atom. The van der Waals surface area contributed by atoms with Crippen LogP contribution in [-0.2, 0) is 5.41 Å². The monoisotopic (exact) mass is 591 g/mol. The molecule has 1 nitrogen and oxygen atoms in total. The Morgan fingerprint density at radius 2 is 0.951 bits per heavy atom. The molecule has 0 fully saturated rings. The van der Waals surface area contributed by atoms with Gasteiger partial charge in [-0.1, -0.05) is 139 Å². The van der Waals surface area contributed by atoms with Crippen molar-refractivity contribution < 1.29 is 0 Å². The Morgan fingerprint density at radius 1 is 0.488 bits per heavy atom. The number of hydrogen-bond donors (Lipinski definition) is 0. The van der Waals surface area contributed by atoms with Crippen molar-refractivity contribution in [3.8, 4) is 33.4 Å². The van der Waals surface area contributed by atoms with Gasteiger partial charge in [-0.15, -0.1) is 0 Å². The molecular formula is C39H30BrN. The molecule has 0 radical (unpaired) electrons. The average molecular weight is 593 g/mol. The van der Waals surface area contributed by atoms with Crippen molar-refractivity contribution in [2.75, 3.05) is 4.90 Å². The zero-order valence-electron chi connectivity index (χ0n) is 23.2. The second kappa shape index (κ2) is 10.2. The van der Waals surface area contributed by atoms with E-state index in [9.17, 15) is 0 Å². The van der Waals surface area contributed by atoms with Gasteiger partial charge in [0.05, 0.1) is 5.69 Å². The Bertz CT molecular complexity index is 1750. The van der Waals surface area contributed by atoms with E-state index in [1.54, 1.807) is 0 Å². The molecule has 7 rings (SSSR count). The molecule has 0 unspecified atom stereocenters. The molecule has 0 saturated carbocycles. The minimum atomic E-state index is -0.145. The highest BCUT2D eigenvalue weighted by Gasteiger charge is 2.39. The molecule has 0 aromatic heterocycles. The first kappa shape index (κ1) is 25.6. The first-order chi connectivity index (χ1) is 20.0. The number of benzene rings is 6. The zero-order valence-corrected chi connectivity index (χ0v) is 24.8. The first-order valence-electron chi connectivity index (χ1n) is 14.1. The summed E-state index contributed by atoms with van der Waals surface area (Å²) in [5.74, 6) is 0. The number of halogens is 1. The zero-order chi connectivity index (χ0) is 28.0. The SMILES string of the molecule is CC1(C)c2ccccc2-c2cc(Br)cc(N(c3ccc(-c4ccccc4)cc3)c3ccc(-c4ccccc4)cc3)c21. The smallest absolute Gasteiger partial charge is 0.0519 e. The molecule has 0 bridgehead atoms. The second-order valence-corrected chi connectivity index (χ2v) is 12.1. The summed E-state index contributed by atoms with van der Waals surface area (Å²) in [6, 6.07) is 52.4. The molecule has 198 valence electrons. The van der Waals surface area contributed by atoms with Crippen LogP contribution in [0.4, 0.5) is 17.1 Å². The molecule has 0 saturated heterocycles. The van der Waals surface area contributed by atoms with Gasteiger partial charge in [0.25, 0.3) is 0 Å². The summed E-state index contributed by atoms with van der Waals surface area (Å²) in [5.41, 5.74) is 13.5. The van der Waals surface area contributed by atoms with Crippen LogP contribution in [0.2, 0.25) is 0 Å². The van der Waals surface area contributed by atoms with E-state index in [0.29, 0.717) is 0 Å². The normalized spacial score (nSPS) is 13.0. The Balaban J connectivity index is 1.42. The predicted molar refractivity (Wildman–Crippen MR) is 177 cm³/mol. The lowest BCUT2D eigenvalue weighted by molar-refractivity contribution is 0.660. The van der Waals surface area contributed by atoms with Crippen LogP contribution in [0.5, 0.6) is 0 Å². The molecule has 0 amide bonds. The molecule has 0 N–H and O–H groups in total. The maximum absolute atomic E-state index is 3.88. The number of nitrogens with zero attached hydrogens (tertiary/aromatic N) is 1. The number of hydrogen-bond acceptors (Lipinski definition) is 1. The first-order valence-corrected chi connectivity index (χ1v) is 14.8. The van der Waals surface area contributed by atoms with Crippen LogP contribution < -0.4 is 4.90 Å². The van der Waals surface area contributed by atoms with Crippen LogP contribution in [0.25, 0.3) is 33.4 Å². The van der Waals surface area contributed by atoms with Crippen LogP contribution in [0, 0.1) is 0 Å². The van der Waals surface area contributed by atoms with Crippen LogP contribution in [-0.4, -0.2) is 0 Å². The van der Waals surface area contributed by atoms with E-state index in [-0.39, 0.29) is 5.41 Å². The van der Waals surface area contributed by atoms with E-state index in [0.717, 1.165) is 15.8 Å². The van der Waals surface area contributed by atoms with Crippen molar-refractivity contribution in [3.63, 3.8) is 0 Å². The molecule has 0 atom stereocenters. The Hall–Kier alpha value is -4.40. The van der Waals surface area contributed by atoms with Gasteiger partial charge in [-0.3, -0.25) is 0 Å². The van der Waals surface area contributed by atoms with E-state index in [1.807, 2.05) is 0 Å². The van der Waals surface area contributed by atoms with E-state index in [2.05, 4.69) is 180 Å². The third-order valence-electron chi connectivity index (χ3n) is 8.30. The van der Waals surface area contributed by atoms with Crippen molar-refractivity contribution in [1.82, 2.24) is 0 Å². The quantitative estimate of drug-likeness (QED) is 0.193. The van der Waals surface area contributed by atoms with Crippen molar-refractivity contribution in [3.05, 3.63) is 161 Å². The van der Waals surface area contributed by atoms with Crippen molar-refractivity contribution >= 4 is 33.0 Å². The molecule has 6 aromatic carbocycles. The Labute approximate surface area is 250 Å². The molecule has 41 heavy (non-hydrogen) atoms. The lowest BCUT2D eigenvalue weighted by atomic mass is 9.81. The Kier molecular flexibility index (Phi) is 6.37. The third kappa shape index (κ3) is 4.49. The van der Waals surface area contributed by atoms with Crippen molar-refractivity contribution in [2.45, 2.75) is 19.3 Å². The molecule has 1 aliphatic rings. The van der Waals surface area contributed by atoms with Gasteiger partial charge in [0.1, 0.15) is 0 Å². The highest BCUT2D eigenvalue weighted by Crippen LogP contribution is 2.55. The fourth-order valence-corrected chi connectivity index (χ4v) is 6.78. The summed E-state index contributed by atoms with van der Waals surface area (Å²) in [4.78, 5) is 2.42. The molecule has 0 heterocycles. The van der Waals surface area contributed by atoms with Gasteiger partial charge in [-0.25, -0.2) is 0 Å². The van der Waals surface area contributed by atoms with Gasteiger partial charge in [0.2, 0.25) is 0 Å². The number of anilines is 3. The van der Waals surface area contributed by atoms with Gasteiger partial charge in [0.15, 0.2) is 0 Å². The second-order valence-electron chi connectivity index (χ2n) is 11.2. The fourth-order valence-electron chi connectivity index (χ4n) is 6.33. The maximum Gasteiger partial charge on any atom is 0.0519 e. The highest BCUT2D eigenvalue weighted by molar-refractivity contribution is 9.10. The molecule has 0 aliphatic heterocycles. The largest absolute Gasteiger partial charge is 0.310 e. The predicted octanol–water partition coefficient (Wildman–Crippen LogP) is 11.6. The van der Waals surface area contributed by atoms with Gasteiger partial charge in [-0.2, -0.15) is 0 Å². The minimum Gasteiger partial charge on any atom is -0.310 e.